The molecular weight excluding hydrogens is 869 g/mol. The molecule has 1 N–H and O–H groups in total. The van der Waals surface area contributed by atoms with Gasteiger partial charge in [0.25, 0.3) is 5.92 Å². The number of H-pyrrole nitrogens is 1. The SMILES string of the molecule is CC(C)C1CCC(N2CCC(F)(F)CC2)CC1.CCOC(=O)N1CCC[C@@H](C(C)C)C1.Cc1nc2ncccn2c1CN1CCC(C(C)(C)C)CC1.Cc1ncc(CN2CCC(C(C)(C)C)CC2)[nH]1. The summed E-state index contributed by atoms with van der Waals surface area (Å²) in [5, 5.41) is 0. The van der Waals surface area contributed by atoms with Crippen molar-refractivity contribution < 1.29 is 18.3 Å². The molecule has 69 heavy (non-hydrogen) atoms. The lowest BCUT2D eigenvalue weighted by molar-refractivity contribution is -0.0670. The lowest BCUT2D eigenvalue weighted by Gasteiger charge is -2.41. The monoisotopic (exact) mass is 966 g/mol. The molecule has 3 aromatic heterocycles. The van der Waals surface area contributed by atoms with Gasteiger partial charge in [-0.1, -0.05) is 69.2 Å². The van der Waals surface area contributed by atoms with Crippen LogP contribution in [0.25, 0.3) is 5.78 Å². The van der Waals surface area contributed by atoms with E-state index in [-0.39, 0.29) is 18.9 Å². The number of hydrogen-bond acceptors (Lipinski definition) is 8. The highest BCUT2D eigenvalue weighted by molar-refractivity contribution is 5.67. The van der Waals surface area contributed by atoms with Crippen molar-refractivity contribution in [1.82, 2.24) is 43.9 Å². The summed E-state index contributed by atoms with van der Waals surface area (Å²) in [6.07, 6.45) is 18.5. The Morgan fingerprint density at radius 3 is 1.84 bits per heavy atom. The van der Waals surface area contributed by atoms with Crippen LogP contribution in [0.1, 0.15) is 176 Å². The number of carbonyl (C=O) groups is 1. The molecule has 1 aliphatic carbocycles. The molecule has 8 rings (SSSR count). The summed E-state index contributed by atoms with van der Waals surface area (Å²) in [5.74, 6) is 4.10. The number of aryl methyl sites for hydroxylation is 2. The van der Waals surface area contributed by atoms with Crippen LogP contribution in [0.15, 0.2) is 24.7 Å². The molecule has 0 spiro atoms. The van der Waals surface area contributed by atoms with Crippen LogP contribution in [0, 0.1) is 60.2 Å². The van der Waals surface area contributed by atoms with E-state index >= 15 is 0 Å². The number of nitrogens with zero attached hydrogens (tertiary/aromatic N) is 8. The van der Waals surface area contributed by atoms with Crippen LogP contribution in [0.5, 0.6) is 0 Å². The maximum absolute atomic E-state index is 13.1. The van der Waals surface area contributed by atoms with Gasteiger partial charge in [0.05, 0.1) is 18.0 Å². The Morgan fingerprint density at radius 2 is 1.33 bits per heavy atom. The highest BCUT2D eigenvalue weighted by atomic mass is 19.3. The largest absolute Gasteiger partial charge is 0.450 e. The van der Waals surface area contributed by atoms with Crippen molar-refractivity contribution in [2.24, 2.45) is 46.3 Å². The van der Waals surface area contributed by atoms with E-state index in [1.165, 1.54) is 95.4 Å². The zero-order valence-electron chi connectivity index (χ0n) is 45.8. The van der Waals surface area contributed by atoms with Gasteiger partial charge in [0, 0.05) is 82.4 Å². The van der Waals surface area contributed by atoms with Crippen LogP contribution in [0.2, 0.25) is 0 Å². The summed E-state index contributed by atoms with van der Waals surface area (Å²) < 4.78 is 33.3. The first-order chi connectivity index (χ1) is 32.5. The Balaban J connectivity index is 0.000000173. The van der Waals surface area contributed by atoms with E-state index in [1.807, 2.05) is 31.0 Å². The number of fused-ring (bicyclic) bond motifs is 1. The number of imidazole rings is 2. The van der Waals surface area contributed by atoms with Crippen LogP contribution in [0.4, 0.5) is 13.6 Å². The van der Waals surface area contributed by atoms with Crippen LogP contribution >= 0.6 is 0 Å². The molecule has 1 amide bonds. The van der Waals surface area contributed by atoms with Crippen molar-refractivity contribution >= 4 is 11.9 Å². The standard InChI is InChI=1S/C17H26N4.C14H25F2N.C14H25N3.C11H21NO2/c1-13-15(21-9-5-8-18-16(21)19-13)12-20-10-6-14(7-11-20)17(2,3)4;1-11(2)12-3-5-13(6-4-12)17-9-7-14(15,16)8-10-17;1-11-15-9-13(16-11)10-17-7-5-12(6-8-17)14(2,3)4;1-4-14-11(13)12-7-5-6-10(8-12)9(2)3/h5,8-9,14H,6-7,10-12H2,1-4H3;11-13H,3-10H2,1-2H3;9,12H,5-8,10H2,1-4H3,(H,15,16);9-10H,4-8H2,1-3H3/t;;;10-/m...1/s1. The molecule has 392 valence electrons. The summed E-state index contributed by atoms with van der Waals surface area (Å²) in [4.78, 5) is 37.2. The van der Waals surface area contributed by atoms with Crippen molar-refractivity contribution in [3.8, 4) is 0 Å². The molecule has 4 aliphatic heterocycles. The van der Waals surface area contributed by atoms with E-state index in [0.29, 0.717) is 48.4 Å². The first kappa shape index (κ1) is 56.8. The van der Waals surface area contributed by atoms with Gasteiger partial charge in [0.1, 0.15) is 5.82 Å². The number of alkyl halides is 2. The number of aromatic nitrogens is 5. The smallest absolute Gasteiger partial charge is 0.409 e. The van der Waals surface area contributed by atoms with Crippen LogP contribution in [0.3, 0.4) is 0 Å². The van der Waals surface area contributed by atoms with Crippen molar-refractivity contribution in [1.29, 1.82) is 0 Å². The number of nitrogens with one attached hydrogen (secondary N) is 1. The summed E-state index contributed by atoms with van der Waals surface area (Å²) in [7, 11) is 0. The van der Waals surface area contributed by atoms with Gasteiger partial charge in [-0.05, 0) is 164 Å². The fourth-order valence-electron chi connectivity index (χ4n) is 11.4. The number of halogens is 2. The van der Waals surface area contributed by atoms with E-state index in [9.17, 15) is 13.6 Å². The van der Waals surface area contributed by atoms with E-state index in [0.717, 1.165) is 73.6 Å². The Bertz CT molecular complexity index is 1930. The molecule has 0 radical (unpaired) electrons. The van der Waals surface area contributed by atoms with Crippen LogP contribution in [-0.4, -0.2) is 121 Å². The summed E-state index contributed by atoms with van der Waals surface area (Å²) in [5.41, 5.74) is 4.54. The van der Waals surface area contributed by atoms with E-state index < -0.39 is 5.92 Å². The maximum atomic E-state index is 13.1. The molecule has 3 aromatic rings. The van der Waals surface area contributed by atoms with Crippen molar-refractivity contribution in [3.63, 3.8) is 0 Å². The number of rotatable bonds is 8. The highest BCUT2D eigenvalue weighted by Gasteiger charge is 2.37. The Labute approximate surface area is 417 Å². The second kappa shape index (κ2) is 26.0. The lowest BCUT2D eigenvalue weighted by Crippen LogP contribution is -2.46. The van der Waals surface area contributed by atoms with E-state index in [4.69, 9.17) is 4.74 Å². The molecule has 13 heteroatoms. The molecule has 5 aliphatic rings. The van der Waals surface area contributed by atoms with Gasteiger partial charge in [-0.3, -0.25) is 19.1 Å². The maximum Gasteiger partial charge on any atom is 0.409 e. The average Bonchev–Trinajstić information content (AvgIpc) is 3.87. The Hall–Kier alpha value is -3.16. The van der Waals surface area contributed by atoms with E-state index in [1.54, 1.807) is 6.20 Å². The van der Waals surface area contributed by atoms with Gasteiger partial charge in [-0.25, -0.2) is 28.5 Å². The molecular formula is C56H97F2N9O2. The molecule has 0 aromatic carbocycles. The van der Waals surface area contributed by atoms with E-state index in [2.05, 4.69) is 121 Å². The van der Waals surface area contributed by atoms with Crippen molar-refractivity contribution in [2.75, 3.05) is 59.0 Å². The van der Waals surface area contributed by atoms with Gasteiger partial charge in [-0.15, -0.1) is 0 Å². The first-order valence-electron chi connectivity index (χ1n) is 27.3. The van der Waals surface area contributed by atoms with Gasteiger partial charge >= 0.3 is 6.09 Å². The molecule has 1 saturated carbocycles. The summed E-state index contributed by atoms with van der Waals surface area (Å²) in [6.45, 7) is 39.4. The molecule has 0 unspecified atom stereocenters. The Kier molecular flexibility index (Phi) is 21.4. The fourth-order valence-corrected chi connectivity index (χ4v) is 11.4. The van der Waals surface area contributed by atoms with Crippen LogP contribution in [-0.2, 0) is 17.8 Å². The first-order valence-corrected chi connectivity index (χ1v) is 27.3. The number of amides is 1. The fraction of sp³-hybridized carbons (Fsp3) is 0.821. The highest BCUT2D eigenvalue weighted by Crippen LogP contribution is 2.37. The summed E-state index contributed by atoms with van der Waals surface area (Å²) in [6, 6.07) is 2.56. The minimum atomic E-state index is -2.40. The number of ether oxygens (including phenoxy) is 1. The quantitative estimate of drug-likeness (QED) is 0.238. The molecule has 4 saturated heterocycles. The zero-order chi connectivity index (χ0) is 50.5. The number of likely N-dealkylation sites (tertiary alicyclic amines) is 4. The van der Waals surface area contributed by atoms with Gasteiger partial charge in [0.2, 0.25) is 5.78 Å². The molecule has 5 fully saturated rings. The number of aromatic amines is 1. The Morgan fingerprint density at radius 1 is 0.768 bits per heavy atom. The van der Waals surface area contributed by atoms with Crippen LogP contribution < -0.4 is 0 Å². The zero-order valence-corrected chi connectivity index (χ0v) is 45.8. The lowest BCUT2D eigenvalue weighted by atomic mass is 9.75. The normalized spacial score (nSPS) is 23.7. The predicted octanol–water partition coefficient (Wildman–Crippen LogP) is 12.7. The topological polar surface area (TPSA) is 98.1 Å². The summed E-state index contributed by atoms with van der Waals surface area (Å²) >= 11 is 0. The number of piperidine rings is 4. The van der Waals surface area contributed by atoms with Crippen molar-refractivity contribution in [3.05, 3.63) is 47.6 Å². The van der Waals surface area contributed by atoms with Crippen molar-refractivity contribution in [2.45, 2.75) is 192 Å². The molecule has 1 atom stereocenters. The third-order valence-electron chi connectivity index (χ3n) is 16.5. The third kappa shape index (κ3) is 17.8. The second-order valence-corrected chi connectivity index (χ2v) is 24.3. The van der Waals surface area contributed by atoms with Gasteiger partial charge in [-0.2, -0.15) is 0 Å². The average molecular weight is 966 g/mol. The molecule has 0 bridgehead atoms. The number of carbonyl (C=O) groups excluding carboxylic acids is 1. The number of hydrogen-bond donors (Lipinski definition) is 1. The predicted molar refractivity (Wildman–Crippen MR) is 278 cm³/mol. The minimum Gasteiger partial charge on any atom is -0.450 e. The second-order valence-electron chi connectivity index (χ2n) is 24.3. The molecule has 7 heterocycles. The van der Waals surface area contributed by atoms with Gasteiger partial charge < -0.3 is 14.6 Å². The minimum absolute atomic E-state index is 0.0666. The third-order valence-corrected chi connectivity index (χ3v) is 16.5. The molecule has 11 nitrogen and oxygen atoms in total. The van der Waals surface area contributed by atoms with Gasteiger partial charge in [0.15, 0.2) is 0 Å².